The van der Waals surface area contributed by atoms with Gasteiger partial charge in [-0.15, -0.1) is 0 Å². The number of carbonyl (C=O) groups is 1. The normalized spacial score (nSPS) is 18.7. The summed E-state index contributed by atoms with van der Waals surface area (Å²) in [5, 5.41) is 3.01. The van der Waals surface area contributed by atoms with Crippen LogP contribution in [-0.2, 0) is 16.1 Å². The monoisotopic (exact) mass is 276 g/mol. The molecule has 1 heterocycles. The number of piperidine rings is 1. The van der Waals surface area contributed by atoms with Gasteiger partial charge in [0.05, 0.1) is 12.1 Å². The van der Waals surface area contributed by atoms with E-state index in [9.17, 15) is 4.79 Å². The van der Waals surface area contributed by atoms with E-state index in [2.05, 4.69) is 10.2 Å². The van der Waals surface area contributed by atoms with Crippen LogP contribution in [0, 0.1) is 0 Å². The van der Waals surface area contributed by atoms with Gasteiger partial charge < -0.3 is 10.1 Å². The average molecular weight is 276 g/mol. The van der Waals surface area contributed by atoms with Crippen molar-refractivity contribution < 1.29 is 9.53 Å². The summed E-state index contributed by atoms with van der Waals surface area (Å²) in [6.45, 7) is 4.43. The number of nitrogens with one attached hydrogen (secondary N) is 1. The smallest absolute Gasteiger partial charge is 0.237 e. The molecule has 2 rings (SSSR count). The molecule has 0 bridgehead atoms. The van der Waals surface area contributed by atoms with Gasteiger partial charge in [-0.2, -0.15) is 0 Å². The molecule has 0 radical (unpaired) electrons. The van der Waals surface area contributed by atoms with Crippen molar-refractivity contribution >= 4 is 5.91 Å². The molecule has 0 aliphatic carbocycles. The van der Waals surface area contributed by atoms with Crippen molar-refractivity contribution in [3.05, 3.63) is 35.9 Å². The van der Waals surface area contributed by atoms with E-state index < -0.39 is 0 Å². The maximum absolute atomic E-state index is 12.2. The van der Waals surface area contributed by atoms with Crippen molar-refractivity contribution in [3.8, 4) is 0 Å². The van der Waals surface area contributed by atoms with E-state index in [0.717, 1.165) is 31.5 Å². The van der Waals surface area contributed by atoms with E-state index in [4.69, 9.17) is 4.74 Å². The Morgan fingerprint density at radius 2 is 2.00 bits per heavy atom. The molecule has 20 heavy (non-hydrogen) atoms. The molecular formula is C16H24N2O2. The third kappa shape index (κ3) is 4.05. The molecule has 1 fully saturated rings. The van der Waals surface area contributed by atoms with Crippen LogP contribution in [0.15, 0.2) is 30.3 Å². The van der Waals surface area contributed by atoms with Gasteiger partial charge >= 0.3 is 0 Å². The molecule has 0 aromatic heterocycles. The minimum atomic E-state index is -0.0727. The largest absolute Gasteiger partial charge is 0.381 e. The second-order valence-electron chi connectivity index (χ2n) is 5.35. The standard InChI is InChI=1S/C16H24N2O2/c1-13(18-10-8-15(20-2)9-11-18)16(19)17-12-14-6-4-3-5-7-14/h3-7,13,15H,8-12H2,1-2H3,(H,17,19). The third-order valence-corrected chi connectivity index (χ3v) is 4.05. The summed E-state index contributed by atoms with van der Waals surface area (Å²) in [5.41, 5.74) is 1.13. The first-order chi connectivity index (χ1) is 9.70. The van der Waals surface area contributed by atoms with E-state index in [-0.39, 0.29) is 11.9 Å². The highest BCUT2D eigenvalue weighted by atomic mass is 16.5. The molecule has 0 spiro atoms. The maximum atomic E-state index is 12.2. The Hall–Kier alpha value is -1.39. The van der Waals surface area contributed by atoms with Crippen LogP contribution in [0.1, 0.15) is 25.3 Å². The van der Waals surface area contributed by atoms with Crippen LogP contribution in [0.4, 0.5) is 0 Å². The van der Waals surface area contributed by atoms with E-state index in [1.165, 1.54) is 0 Å². The fraction of sp³-hybridized carbons (Fsp3) is 0.562. The topological polar surface area (TPSA) is 41.6 Å². The summed E-state index contributed by atoms with van der Waals surface area (Å²) in [5.74, 6) is 0.102. The quantitative estimate of drug-likeness (QED) is 0.891. The zero-order valence-corrected chi connectivity index (χ0v) is 12.3. The highest BCUT2D eigenvalue weighted by Gasteiger charge is 2.26. The number of hydrogen-bond acceptors (Lipinski definition) is 3. The molecule has 1 aromatic rings. The molecule has 4 heteroatoms. The molecule has 1 amide bonds. The first kappa shape index (κ1) is 15.0. The second-order valence-corrected chi connectivity index (χ2v) is 5.35. The Bertz CT molecular complexity index is 414. The predicted octanol–water partition coefficient (Wildman–Crippen LogP) is 1.80. The molecule has 110 valence electrons. The van der Waals surface area contributed by atoms with Crippen molar-refractivity contribution in [3.63, 3.8) is 0 Å². The van der Waals surface area contributed by atoms with Crippen molar-refractivity contribution in [2.24, 2.45) is 0 Å². The maximum Gasteiger partial charge on any atom is 0.237 e. The summed E-state index contributed by atoms with van der Waals surface area (Å²) >= 11 is 0. The molecule has 1 aliphatic rings. The summed E-state index contributed by atoms with van der Waals surface area (Å²) in [6, 6.07) is 9.93. The number of nitrogens with zero attached hydrogens (tertiary/aromatic N) is 1. The van der Waals surface area contributed by atoms with E-state index in [1.807, 2.05) is 37.3 Å². The molecular weight excluding hydrogens is 252 g/mol. The van der Waals surface area contributed by atoms with Crippen LogP contribution in [0.3, 0.4) is 0 Å². The minimum absolute atomic E-state index is 0.0727. The Morgan fingerprint density at radius 3 is 2.60 bits per heavy atom. The van der Waals surface area contributed by atoms with Crippen molar-refractivity contribution in [1.29, 1.82) is 0 Å². The number of benzene rings is 1. The van der Waals surface area contributed by atoms with Crippen LogP contribution < -0.4 is 5.32 Å². The fourth-order valence-electron chi connectivity index (χ4n) is 2.60. The van der Waals surface area contributed by atoms with Gasteiger partial charge in [0.25, 0.3) is 0 Å². The van der Waals surface area contributed by atoms with Crippen LogP contribution in [0.25, 0.3) is 0 Å². The van der Waals surface area contributed by atoms with E-state index >= 15 is 0 Å². The number of rotatable bonds is 5. The lowest BCUT2D eigenvalue weighted by Gasteiger charge is -2.34. The lowest BCUT2D eigenvalue weighted by molar-refractivity contribution is -0.127. The van der Waals surface area contributed by atoms with Crippen LogP contribution in [0.5, 0.6) is 0 Å². The Kier molecular flexibility index (Phi) is 5.56. The Balaban J connectivity index is 1.77. The van der Waals surface area contributed by atoms with Gasteiger partial charge in [-0.25, -0.2) is 0 Å². The summed E-state index contributed by atoms with van der Waals surface area (Å²) < 4.78 is 5.36. The zero-order valence-electron chi connectivity index (χ0n) is 12.3. The van der Waals surface area contributed by atoms with Gasteiger partial charge in [-0.1, -0.05) is 30.3 Å². The molecule has 1 N–H and O–H groups in total. The van der Waals surface area contributed by atoms with Crippen molar-refractivity contribution in [2.75, 3.05) is 20.2 Å². The van der Waals surface area contributed by atoms with Gasteiger partial charge in [0, 0.05) is 26.7 Å². The van der Waals surface area contributed by atoms with E-state index in [1.54, 1.807) is 7.11 Å². The molecule has 0 saturated carbocycles. The van der Waals surface area contributed by atoms with E-state index in [0.29, 0.717) is 12.6 Å². The number of amides is 1. The number of carbonyl (C=O) groups excluding carboxylic acids is 1. The highest BCUT2D eigenvalue weighted by Crippen LogP contribution is 2.15. The highest BCUT2D eigenvalue weighted by molar-refractivity contribution is 5.81. The van der Waals surface area contributed by atoms with Gasteiger partial charge in [0.2, 0.25) is 5.91 Å². The Morgan fingerprint density at radius 1 is 1.35 bits per heavy atom. The zero-order chi connectivity index (χ0) is 14.4. The first-order valence-electron chi connectivity index (χ1n) is 7.29. The predicted molar refractivity (Wildman–Crippen MR) is 79.4 cm³/mol. The number of likely N-dealkylation sites (tertiary alicyclic amines) is 1. The third-order valence-electron chi connectivity index (χ3n) is 4.05. The summed E-state index contributed by atoms with van der Waals surface area (Å²) in [6.07, 6.45) is 2.37. The van der Waals surface area contributed by atoms with Crippen LogP contribution >= 0.6 is 0 Å². The first-order valence-corrected chi connectivity index (χ1v) is 7.29. The molecule has 1 atom stereocenters. The summed E-state index contributed by atoms with van der Waals surface area (Å²) in [4.78, 5) is 14.4. The lowest BCUT2D eigenvalue weighted by atomic mass is 10.1. The average Bonchev–Trinajstić information content (AvgIpc) is 2.53. The Labute approximate surface area is 121 Å². The molecule has 1 unspecified atom stereocenters. The van der Waals surface area contributed by atoms with Crippen molar-refractivity contribution in [2.45, 2.75) is 38.5 Å². The SMILES string of the molecule is COC1CCN(C(C)C(=O)NCc2ccccc2)CC1. The summed E-state index contributed by atoms with van der Waals surface area (Å²) in [7, 11) is 1.76. The second kappa shape index (κ2) is 7.41. The molecule has 1 aromatic carbocycles. The molecule has 1 saturated heterocycles. The minimum Gasteiger partial charge on any atom is -0.381 e. The number of hydrogen-bond donors (Lipinski definition) is 1. The number of methoxy groups -OCH3 is 1. The molecule has 1 aliphatic heterocycles. The van der Waals surface area contributed by atoms with Crippen LogP contribution in [0.2, 0.25) is 0 Å². The van der Waals surface area contributed by atoms with Gasteiger partial charge in [-0.05, 0) is 25.3 Å². The van der Waals surface area contributed by atoms with Crippen LogP contribution in [-0.4, -0.2) is 43.2 Å². The number of ether oxygens (including phenoxy) is 1. The fourth-order valence-corrected chi connectivity index (χ4v) is 2.60. The van der Waals surface area contributed by atoms with Gasteiger partial charge in [0.1, 0.15) is 0 Å². The van der Waals surface area contributed by atoms with Gasteiger partial charge in [0.15, 0.2) is 0 Å². The van der Waals surface area contributed by atoms with Crippen molar-refractivity contribution in [1.82, 2.24) is 10.2 Å². The van der Waals surface area contributed by atoms with Gasteiger partial charge in [-0.3, -0.25) is 9.69 Å². The molecule has 4 nitrogen and oxygen atoms in total. The lowest BCUT2D eigenvalue weighted by Crippen LogP contribution is -2.49.